The Hall–Kier alpha value is -2.73. The van der Waals surface area contributed by atoms with Gasteiger partial charge < -0.3 is 9.40 Å². The van der Waals surface area contributed by atoms with Crippen molar-refractivity contribution in [2.45, 2.75) is 26.4 Å². The van der Waals surface area contributed by atoms with Gasteiger partial charge in [0.05, 0.1) is 17.5 Å². The monoisotopic (exact) mass is 339 g/mol. The number of fused-ring (bicyclic) bond motifs is 1. The van der Waals surface area contributed by atoms with Crippen molar-refractivity contribution < 1.29 is 8.81 Å². The summed E-state index contributed by atoms with van der Waals surface area (Å²) in [5.41, 5.74) is 3.06. The molecule has 0 saturated heterocycles. The highest BCUT2D eigenvalue weighted by molar-refractivity contribution is 5.47. The van der Waals surface area contributed by atoms with Gasteiger partial charge in [0.1, 0.15) is 5.82 Å². The fraction of sp³-hybridized carbons (Fsp3) is 0.263. The number of hydrogen-bond donors (Lipinski definition) is 1. The smallest absolute Gasteiger partial charge is 0.256 e. The molecule has 0 bridgehead atoms. The molecule has 0 saturated carbocycles. The lowest BCUT2D eigenvalue weighted by atomic mass is 10.0. The van der Waals surface area contributed by atoms with Gasteiger partial charge in [0.25, 0.3) is 5.56 Å². The molecular weight excluding hydrogens is 321 g/mol. The molecule has 128 valence electrons. The van der Waals surface area contributed by atoms with Crippen LogP contribution in [0.15, 0.2) is 45.8 Å². The Morgan fingerprint density at radius 3 is 3.00 bits per heavy atom. The van der Waals surface area contributed by atoms with E-state index in [-0.39, 0.29) is 11.4 Å². The first-order chi connectivity index (χ1) is 12.1. The zero-order valence-corrected chi connectivity index (χ0v) is 13.9. The molecule has 0 radical (unpaired) electrons. The molecule has 0 aliphatic carbocycles. The van der Waals surface area contributed by atoms with E-state index in [9.17, 15) is 9.18 Å². The lowest BCUT2D eigenvalue weighted by Gasteiger charge is -2.27. The first kappa shape index (κ1) is 15.8. The van der Waals surface area contributed by atoms with Gasteiger partial charge in [-0.3, -0.25) is 9.69 Å². The van der Waals surface area contributed by atoms with Gasteiger partial charge in [0.2, 0.25) is 0 Å². The van der Waals surface area contributed by atoms with Crippen LogP contribution in [-0.2, 0) is 19.5 Å². The molecule has 1 N–H and O–H groups in total. The molecule has 0 spiro atoms. The van der Waals surface area contributed by atoms with Crippen molar-refractivity contribution in [2.24, 2.45) is 0 Å². The molecule has 2 aromatic heterocycles. The number of aromatic nitrogens is 2. The van der Waals surface area contributed by atoms with Gasteiger partial charge in [-0.15, -0.1) is 0 Å². The molecule has 6 heteroatoms. The molecule has 5 nitrogen and oxygen atoms in total. The Morgan fingerprint density at radius 1 is 1.36 bits per heavy atom. The predicted octanol–water partition coefficient (Wildman–Crippen LogP) is 3.04. The van der Waals surface area contributed by atoms with Crippen LogP contribution in [0, 0.1) is 12.7 Å². The van der Waals surface area contributed by atoms with Crippen LogP contribution in [0.3, 0.4) is 0 Å². The SMILES string of the molecule is Cc1cc(CN2CCc3nc(-c4ccco4)[nH]c(=O)c3C2)ccc1F. The van der Waals surface area contributed by atoms with Gasteiger partial charge >= 0.3 is 0 Å². The van der Waals surface area contributed by atoms with Crippen molar-refractivity contribution in [3.63, 3.8) is 0 Å². The Bertz CT molecular complexity index is 963. The fourth-order valence-corrected chi connectivity index (χ4v) is 3.21. The number of benzene rings is 1. The second kappa shape index (κ2) is 6.29. The molecule has 0 fully saturated rings. The number of halogens is 1. The number of aryl methyl sites for hydroxylation is 1. The van der Waals surface area contributed by atoms with E-state index in [0.717, 1.165) is 17.8 Å². The maximum absolute atomic E-state index is 13.4. The van der Waals surface area contributed by atoms with Crippen molar-refractivity contribution in [3.8, 4) is 11.6 Å². The van der Waals surface area contributed by atoms with Crippen LogP contribution in [0.5, 0.6) is 0 Å². The van der Waals surface area contributed by atoms with E-state index in [1.807, 2.05) is 6.07 Å². The van der Waals surface area contributed by atoms with Crippen LogP contribution < -0.4 is 5.56 Å². The summed E-state index contributed by atoms with van der Waals surface area (Å²) in [7, 11) is 0. The van der Waals surface area contributed by atoms with Gasteiger partial charge in [-0.05, 0) is 36.2 Å². The summed E-state index contributed by atoms with van der Waals surface area (Å²) in [5, 5.41) is 0. The minimum atomic E-state index is -0.196. The van der Waals surface area contributed by atoms with Gasteiger partial charge in [0, 0.05) is 26.1 Å². The van der Waals surface area contributed by atoms with E-state index in [1.165, 1.54) is 6.07 Å². The summed E-state index contributed by atoms with van der Waals surface area (Å²) in [5.74, 6) is 0.833. The summed E-state index contributed by atoms with van der Waals surface area (Å²) in [4.78, 5) is 22.0. The summed E-state index contributed by atoms with van der Waals surface area (Å²) < 4.78 is 18.7. The number of nitrogens with zero attached hydrogens (tertiary/aromatic N) is 2. The van der Waals surface area contributed by atoms with Crippen molar-refractivity contribution in [1.29, 1.82) is 0 Å². The molecule has 1 aromatic carbocycles. The Labute approximate surface area is 144 Å². The number of H-pyrrole nitrogens is 1. The molecule has 1 aliphatic heterocycles. The third-order valence-corrected chi connectivity index (χ3v) is 4.53. The van der Waals surface area contributed by atoms with Crippen molar-refractivity contribution in [1.82, 2.24) is 14.9 Å². The van der Waals surface area contributed by atoms with Gasteiger partial charge in [-0.2, -0.15) is 0 Å². The van der Waals surface area contributed by atoms with Crippen LogP contribution in [0.2, 0.25) is 0 Å². The average molecular weight is 339 g/mol. The topological polar surface area (TPSA) is 62.1 Å². The Kier molecular flexibility index (Phi) is 3.97. The number of aromatic amines is 1. The van der Waals surface area contributed by atoms with E-state index >= 15 is 0 Å². The zero-order valence-electron chi connectivity index (χ0n) is 13.9. The number of nitrogens with one attached hydrogen (secondary N) is 1. The van der Waals surface area contributed by atoms with E-state index in [4.69, 9.17) is 4.42 Å². The van der Waals surface area contributed by atoms with E-state index < -0.39 is 0 Å². The largest absolute Gasteiger partial charge is 0.461 e. The predicted molar refractivity (Wildman–Crippen MR) is 91.5 cm³/mol. The van der Waals surface area contributed by atoms with Crippen LogP contribution in [0.4, 0.5) is 4.39 Å². The summed E-state index contributed by atoms with van der Waals surface area (Å²) in [6.07, 6.45) is 2.26. The van der Waals surface area contributed by atoms with Gasteiger partial charge in [-0.1, -0.05) is 12.1 Å². The number of rotatable bonds is 3. The molecule has 4 rings (SSSR count). The van der Waals surface area contributed by atoms with Crippen LogP contribution in [0.25, 0.3) is 11.6 Å². The van der Waals surface area contributed by atoms with Crippen molar-refractivity contribution >= 4 is 0 Å². The maximum Gasteiger partial charge on any atom is 0.256 e. The molecule has 0 amide bonds. The minimum Gasteiger partial charge on any atom is -0.461 e. The maximum atomic E-state index is 13.4. The highest BCUT2D eigenvalue weighted by atomic mass is 19.1. The lowest BCUT2D eigenvalue weighted by molar-refractivity contribution is 0.241. The molecule has 0 atom stereocenters. The molecule has 25 heavy (non-hydrogen) atoms. The first-order valence-corrected chi connectivity index (χ1v) is 8.23. The van der Waals surface area contributed by atoms with E-state index in [2.05, 4.69) is 14.9 Å². The summed E-state index contributed by atoms with van der Waals surface area (Å²) in [6.45, 7) is 3.78. The first-order valence-electron chi connectivity index (χ1n) is 8.23. The number of furan rings is 1. The average Bonchev–Trinajstić information content (AvgIpc) is 3.13. The zero-order chi connectivity index (χ0) is 17.4. The van der Waals surface area contributed by atoms with E-state index in [1.54, 1.807) is 31.4 Å². The Morgan fingerprint density at radius 2 is 2.24 bits per heavy atom. The molecule has 0 unspecified atom stereocenters. The van der Waals surface area contributed by atoms with Crippen molar-refractivity contribution in [2.75, 3.05) is 6.54 Å². The van der Waals surface area contributed by atoms with E-state index in [0.29, 0.717) is 42.2 Å². The second-order valence-electron chi connectivity index (χ2n) is 6.36. The summed E-state index contributed by atoms with van der Waals surface area (Å²) in [6, 6.07) is 8.68. The van der Waals surface area contributed by atoms with Crippen LogP contribution in [0.1, 0.15) is 22.4 Å². The highest BCUT2D eigenvalue weighted by Crippen LogP contribution is 2.20. The highest BCUT2D eigenvalue weighted by Gasteiger charge is 2.22. The second-order valence-corrected chi connectivity index (χ2v) is 6.36. The van der Waals surface area contributed by atoms with Gasteiger partial charge in [0.15, 0.2) is 11.6 Å². The third kappa shape index (κ3) is 3.13. The minimum absolute atomic E-state index is 0.128. The molecule has 3 heterocycles. The third-order valence-electron chi connectivity index (χ3n) is 4.53. The molecular formula is C19H18FN3O2. The number of hydrogen-bond acceptors (Lipinski definition) is 4. The van der Waals surface area contributed by atoms with Crippen LogP contribution in [-0.4, -0.2) is 21.4 Å². The molecule has 1 aliphatic rings. The normalized spacial score (nSPS) is 14.5. The fourth-order valence-electron chi connectivity index (χ4n) is 3.21. The van der Waals surface area contributed by atoms with Crippen molar-refractivity contribution in [3.05, 3.63) is 75.2 Å². The van der Waals surface area contributed by atoms with Crippen LogP contribution >= 0.6 is 0 Å². The summed E-state index contributed by atoms with van der Waals surface area (Å²) >= 11 is 0. The Balaban J connectivity index is 1.57. The molecule has 3 aromatic rings. The quantitative estimate of drug-likeness (QED) is 0.797. The van der Waals surface area contributed by atoms with Gasteiger partial charge in [-0.25, -0.2) is 9.37 Å². The lowest BCUT2D eigenvalue weighted by Crippen LogP contribution is -2.35. The standard InChI is InChI=1S/C19H18FN3O2/c1-12-9-13(4-5-15(12)20)10-23-7-6-16-14(11-23)19(24)22-18(21-16)17-3-2-8-25-17/h2-5,8-9H,6-7,10-11H2,1H3,(H,21,22,24).